The quantitative estimate of drug-likeness (QED) is 0.334. The number of carbonyl (C=O) groups is 2. The smallest absolute Gasteiger partial charge is 0.303 e. The molecule has 4 heteroatoms. The Morgan fingerprint density at radius 2 is 1.45 bits per heavy atom. The molecule has 0 atom stereocenters. The molecular formula is C25H23NO3. The molecule has 0 radical (unpaired) electrons. The third-order valence-corrected chi connectivity index (χ3v) is 5.52. The first-order valence-corrected chi connectivity index (χ1v) is 9.76. The highest BCUT2D eigenvalue weighted by atomic mass is 16.4. The normalized spacial score (nSPS) is 11.2. The van der Waals surface area contributed by atoms with Gasteiger partial charge in [0, 0.05) is 17.5 Å². The van der Waals surface area contributed by atoms with E-state index in [1.165, 1.54) is 27.3 Å². The second kappa shape index (κ2) is 7.55. The van der Waals surface area contributed by atoms with Gasteiger partial charge in [0.2, 0.25) is 0 Å². The van der Waals surface area contributed by atoms with E-state index in [2.05, 4.69) is 55.6 Å². The van der Waals surface area contributed by atoms with Crippen LogP contribution in [0.5, 0.6) is 0 Å². The second-order valence-corrected chi connectivity index (χ2v) is 7.61. The minimum absolute atomic E-state index is 0.0388. The number of anilines is 1. The maximum Gasteiger partial charge on any atom is 0.303 e. The van der Waals surface area contributed by atoms with Crippen LogP contribution in [0.1, 0.15) is 24.0 Å². The van der Waals surface area contributed by atoms with Gasteiger partial charge in [-0.2, -0.15) is 0 Å². The van der Waals surface area contributed by atoms with E-state index >= 15 is 0 Å². The van der Waals surface area contributed by atoms with E-state index in [0.29, 0.717) is 0 Å². The number of hydrogen-bond acceptors (Lipinski definition) is 3. The van der Waals surface area contributed by atoms with Crippen molar-refractivity contribution in [2.75, 3.05) is 11.9 Å². The molecule has 0 saturated heterocycles. The number of Topliss-reactive ketones (excluding diaryl/α,β-unsaturated/α-hetero) is 1. The zero-order chi connectivity index (χ0) is 20.5. The third-order valence-electron chi connectivity index (χ3n) is 5.52. The van der Waals surface area contributed by atoms with Crippen LogP contribution in [0, 0.1) is 13.8 Å². The fourth-order valence-electron chi connectivity index (χ4n) is 3.81. The molecule has 2 N–H and O–H groups in total. The molecule has 0 unspecified atom stereocenters. The van der Waals surface area contributed by atoms with E-state index in [-0.39, 0.29) is 25.2 Å². The van der Waals surface area contributed by atoms with Gasteiger partial charge in [-0.25, -0.2) is 0 Å². The summed E-state index contributed by atoms with van der Waals surface area (Å²) in [6, 6.07) is 19.1. The fourth-order valence-corrected chi connectivity index (χ4v) is 3.81. The van der Waals surface area contributed by atoms with Gasteiger partial charge in [-0.1, -0.05) is 36.4 Å². The van der Waals surface area contributed by atoms with Crippen molar-refractivity contribution >= 4 is 49.8 Å². The predicted octanol–water partition coefficient (Wildman–Crippen LogP) is 5.61. The summed E-state index contributed by atoms with van der Waals surface area (Å²) in [5.41, 5.74) is 3.43. The van der Waals surface area contributed by atoms with Crippen LogP contribution in [-0.2, 0) is 9.59 Å². The number of benzene rings is 4. The van der Waals surface area contributed by atoms with Crippen LogP contribution in [0.25, 0.3) is 32.3 Å². The van der Waals surface area contributed by atoms with Crippen LogP contribution in [0.4, 0.5) is 5.69 Å². The maximum absolute atomic E-state index is 12.0. The molecule has 4 aromatic carbocycles. The lowest BCUT2D eigenvalue weighted by Gasteiger charge is -2.14. The number of rotatable bonds is 6. The SMILES string of the molecule is Cc1cc2cc3cc(NCC(=O)CCC(=O)O)c4ccccc4c3cc2cc1C. The van der Waals surface area contributed by atoms with Crippen LogP contribution in [0.15, 0.2) is 54.6 Å². The molecule has 0 aliphatic rings. The second-order valence-electron chi connectivity index (χ2n) is 7.61. The third kappa shape index (κ3) is 3.79. The molecule has 4 aromatic rings. The zero-order valence-electron chi connectivity index (χ0n) is 16.6. The van der Waals surface area contributed by atoms with Gasteiger partial charge in [-0.3, -0.25) is 9.59 Å². The lowest BCUT2D eigenvalue weighted by Crippen LogP contribution is -2.15. The first-order chi connectivity index (χ1) is 13.9. The first-order valence-electron chi connectivity index (χ1n) is 9.76. The highest BCUT2D eigenvalue weighted by Crippen LogP contribution is 2.35. The van der Waals surface area contributed by atoms with Crippen molar-refractivity contribution in [2.45, 2.75) is 26.7 Å². The Balaban J connectivity index is 1.79. The number of carboxylic acids is 1. The van der Waals surface area contributed by atoms with Crippen LogP contribution in [0.2, 0.25) is 0 Å². The molecule has 29 heavy (non-hydrogen) atoms. The van der Waals surface area contributed by atoms with E-state index in [1.807, 2.05) is 18.2 Å². The fraction of sp³-hybridized carbons (Fsp3) is 0.200. The van der Waals surface area contributed by atoms with Crippen molar-refractivity contribution < 1.29 is 14.7 Å². The van der Waals surface area contributed by atoms with E-state index in [1.54, 1.807) is 0 Å². The van der Waals surface area contributed by atoms with E-state index < -0.39 is 5.97 Å². The van der Waals surface area contributed by atoms with Crippen molar-refractivity contribution in [3.05, 3.63) is 65.7 Å². The molecular weight excluding hydrogens is 362 g/mol. The van der Waals surface area contributed by atoms with Gasteiger partial charge in [0.05, 0.1) is 13.0 Å². The summed E-state index contributed by atoms with van der Waals surface area (Å²) in [4.78, 5) is 22.7. The average molecular weight is 385 g/mol. The van der Waals surface area contributed by atoms with Gasteiger partial charge >= 0.3 is 5.97 Å². The maximum atomic E-state index is 12.0. The summed E-state index contributed by atoms with van der Waals surface area (Å²) < 4.78 is 0. The number of hydrogen-bond donors (Lipinski definition) is 2. The number of ketones is 1. The molecule has 0 bridgehead atoms. The number of aliphatic carboxylic acids is 1. The highest BCUT2D eigenvalue weighted by Gasteiger charge is 2.11. The summed E-state index contributed by atoms with van der Waals surface area (Å²) >= 11 is 0. The van der Waals surface area contributed by atoms with Crippen LogP contribution >= 0.6 is 0 Å². The molecule has 0 amide bonds. The Morgan fingerprint density at radius 1 is 0.793 bits per heavy atom. The topological polar surface area (TPSA) is 66.4 Å². The number of carbonyl (C=O) groups excluding carboxylic acids is 1. The Morgan fingerprint density at radius 3 is 2.14 bits per heavy atom. The average Bonchev–Trinajstić information content (AvgIpc) is 2.70. The van der Waals surface area contributed by atoms with Crippen molar-refractivity contribution in [3.8, 4) is 0 Å². The molecule has 4 rings (SSSR count). The molecule has 0 spiro atoms. The minimum Gasteiger partial charge on any atom is -0.481 e. The summed E-state index contributed by atoms with van der Waals surface area (Å²) in [5.74, 6) is -1.06. The Hall–Kier alpha value is -3.40. The first kappa shape index (κ1) is 18.9. The van der Waals surface area contributed by atoms with Gasteiger partial charge in [0.15, 0.2) is 5.78 Å². The lowest BCUT2D eigenvalue weighted by atomic mass is 9.95. The number of fused-ring (bicyclic) bond motifs is 4. The van der Waals surface area contributed by atoms with E-state index in [9.17, 15) is 9.59 Å². The summed E-state index contributed by atoms with van der Waals surface area (Å²) in [6.07, 6.45) is -0.0964. The molecule has 0 aromatic heterocycles. The summed E-state index contributed by atoms with van der Waals surface area (Å²) in [5, 5.41) is 18.9. The zero-order valence-corrected chi connectivity index (χ0v) is 16.6. The van der Waals surface area contributed by atoms with E-state index in [4.69, 9.17) is 5.11 Å². The number of nitrogens with one attached hydrogen (secondary N) is 1. The largest absolute Gasteiger partial charge is 0.481 e. The van der Waals surface area contributed by atoms with Crippen molar-refractivity contribution in [1.29, 1.82) is 0 Å². The number of carboxylic acid groups (broad SMARTS) is 1. The molecule has 0 fully saturated rings. The molecule has 0 aliphatic heterocycles. The van der Waals surface area contributed by atoms with Gasteiger partial charge in [0.25, 0.3) is 0 Å². The molecule has 4 nitrogen and oxygen atoms in total. The Kier molecular flexibility index (Phi) is 4.93. The lowest BCUT2D eigenvalue weighted by molar-refractivity contribution is -0.138. The van der Waals surface area contributed by atoms with Gasteiger partial charge in [-0.15, -0.1) is 0 Å². The predicted molar refractivity (Wildman–Crippen MR) is 119 cm³/mol. The molecule has 0 heterocycles. The Bertz CT molecular complexity index is 1270. The standard InChI is InChI=1S/C25H23NO3/c1-15-9-17-11-19-13-24(26-14-20(27)7-8-25(28)29)22-6-4-3-5-21(22)23(19)12-18(17)10-16(15)2/h3-6,9-13,26H,7-8,14H2,1-2H3,(H,28,29). The van der Waals surface area contributed by atoms with Crippen molar-refractivity contribution in [3.63, 3.8) is 0 Å². The monoisotopic (exact) mass is 385 g/mol. The van der Waals surface area contributed by atoms with Crippen molar-refractivity contribution in [1.82, 2.24) is 0 Å². The summed E-state index contributed by atoms with van der Waals surface area (Å²) in [7, 11) is 0. The van der Waals surface area contributed by atoms with Crippen LogP contribution < -0.4 is 5.32 Å². The number of aryl methyl sites for hydroxylation is 2. The van der Waals surface area contributed by atoms with Gasteiger partial charge in [-0.05, 0) is 70.1 Å². The van der Waals surface area contributed by atoms with Gasteiger partial charge < -0.3 is 10.4 Å². The van der Waals surface area contributed by atoms with Crippen LogP contribution in [-0.4, -0.2) is 23.4 Å². The van der Waals surface area contributed by atoms with Crippen molar-refractivity contribution in [2.24, 2.45) is 0 Å². The van der Waals surface area contributed by atoms with E-state index in [0.717, 1.165) is 21.8 Å². The molecule has 0 saturated carbocycles. The summed E-state index contributed by atoms with van der Waals surface area (Å²) in [6.45, 7) is 4.37. The highest BCUT2D eigenvalue weighted by molar-refractivity contribution is 6.16. The molecule has 146 valence electrons. The minimum atomic E-state index is -0.952. The van der Waals surface area contributed by atoms with Gasteiger partial charge in [0.1, 0.15) is 0 Å². The van der Waals surface area contributed by atoms with Crippen LogP contribution in [0.3, 0.4) is 0 Å². The molecule has 0 aliphatic carbocycles. The Labute approximate surface area is 169 Å².